The normalized spacial score (nSPS) is 12.1. The molecule has 0 aliphatic carbocycles. The van der Waals surface area contributed by atoms with E-state index in [1.165, 1.54) is 12.7 Å². The summed E-state index contributed by atoms with van der Waals surface area (Å²) in [5.41, 5.74) is 2.36. The Kier molecular flexibility index (Phi) is 7.93. The van der Waals surface area contributed by atoms with Gasteiger partial charge in [-0.15, -0.1) is 0 Å². The van der Waals surface area contributed by atoms with Gasteiger partial charge >= 0.3 is 5.97 Å². The number of rotatable bonds is 7. The van der Waals surface area contributed by atoms with Crippen molar-refractivity contribution in [3.05, 3.63) is 100 Å². The van der Waals surface area contributed by atoms with E-state index in [0.29, 0.717) is 5.75 Å². The molecule has 0 fully saturated rings. The highest BCUT2D eigenvalue weighted by molar-refractivity contribution is 9.10. The van der Waals surface area contributed by atoms with Crippen LogP contribution in [0.1, 0.15) is 54.8 Å². The number of halogens is 1. The number of benzene rings is 3. The molecule has 6 nitrogen and oxygen atoms in total. The zero-order valence-corrected chi connectivity index (χ0v) is 22.8. The summed E-state index contributed by atoms with van der Waals surface area (Å²) in [6, 6.07) is 22.3. The van der Waals surface area contributed by atoms with Gasteiger partial charge in [-0.3, -0.25) is 14.6 Å². The van der Waals surface area contributed by atoms with Gasteiger partial charge < -0.3 is 14.8 Å². The van der Waals surface area contributed by atoms with Crippen LogP contribution in [0.2, 0.25) is 0 Å². The van der Waals surface area contributed by atoms with Crippen molar-refractivity contribution in [3.8, 4) is 11.5 Å². The maximum atomic E-state index is 13.1. The van der Waals surface area contributed by atoms with Crippen LogP contribution in [0.25, 0.3) is 10.8 Å². The lowest BCUT2D eigenvalue weighted by atomic mass is 9.87. The molecule has 1 atom stereocenters. The fourth-order valence-electron chi connectivity index (χ4n) is 3.90. The fourth-order valence-corrected chi connectivity index (χ4v) is 4.16. The molecule has 37 heavy (non-hydrogen) atoms. The van der Waals surface area contributed by atoms with Gasteiger partial charge in [0.1, 0.15) is 17.2 Å². The Morgan fingerprint density at radius 1 is 0.919 bits per heavy atom. The van der Waals surface area contributed by atoms with E-state index in [1.807, 2.05) is 54.6 Å². The number of ether oxygens (including phenoxy) is 2. The molecule has 0 saturated heterocycles. The molecule has 1 N–H and O–H groups in total. The minimum Gasteiger partial charge on any atom is -0.469 e. The van der Waals surface area contributed by atoms with Gasteiger partial charge in [0, 0.05) is 16.1 Å². The third-order valence-corrected chi connectivity index (χ3v) is 6.59. The van der Waals surface area contributed by atoms with Gasteiger partial charge in [-0.05, 0) is 64.4 Å². The number of amides is 1. The molecule has 1 heterocycles. The number of carbonyl (C=O) groups excluding carboxylic acids is 2. The van der Waals surface area contributed by atoms with Gasteiger partial charge in [0.05, 0.1) is 19.6 Å². The average Bonchev–Trinajstić information content (AvgIpc) is 2.88. The van der Waals surface area contributed by atoms with Gasteiger partial charge in [0.2, 0.25) is 0 Å². The first-order chi connectivity index (χ1) is 17.6. The van der Waals surface area contributed by atoms with Crippen molar-refractivity contribution in [1.29, 1.82) is 0 Å². The van der Waals surface area contributed by atoms with Crippen LogP contribution < -0.4 is 10.1 Å². The molecule has 0 spiro atoms. The van der Waals surface area contributed by atoms with E-state index in [1.54, 1.807) is 12.3 Å². The predicted molar refractivity (Wildman–Crippen MR) is 148 cm³/mol. The molecule has 1 aromatic heterocycles. The summed E-state index contributed by atoms with van der Waals surface area (Å²) in [6.07, 6.45) is 1.66. The quantitative estimate of drug-likeness (QED) is 0.243. The molecule has 1 amide bonds. The lowest BCUT2D eigenvalue weighted by molar-refractivity contribution is -0.141. The van der Waals surface area contributed by atoms with Crippen LogP contribution in [0, 0.1) is 0 Å². The zero-order chi connectivity index (χ0) is 26.6. The number of hydrogen-bond donors (Lipinski definition) is 1. The number of nitrogens with zero attached hydrogens (tertiary/aromatic N) is 1. The maximum absolute atomic E-state index is 13.1. The van der Waals surface area contributed by atoms with Gasteiger partial charge in [-0.2, -0.15) is 0 Å². The second-order valence-electron chi connectivity index (χ2n) is 9.81. The van der Waals surface area contributed by atoms with Crippen molar-refractivity contribution in [2.75, 3.05) is 7.11 Å². The molecule has 0 bridgehead atoms. The second-order valence-corrected chi connectivity index (χ2v) is 10.7. The van der Waals surface area contributed by atoms with Crippen molar-refractivity contribution < 1.29 is 19.1 Å². The third-order valence-electron chi connectivity index (χ3n) is 6.06. The Morgan fingerprint density at radius 2 is 1.59 bits per heavy atom. The molecule has 190 valence electrons. The lowest BCUT2D eigenvalue weighted by Crippen LogP contribution is -2.31. The van der Waals surface area contributed by atoms with Crippen LogP contribution >= 0.6 is 15.9 Å². The predicted octanol–water partition coefficient (Wildman–Crippen LogP) is 7.12. The summed E-state index contributed by atoms with van der Waals surface area (Å²) in [7, 11) is 1.33. The summed E-state index contributed by atoms with van der Waals surface area (Å²) in [5.74, 6) is 0.641. The number of esters is 1. The van der Waals surface area contributed by atoms with Crippen LogP contribution in [0.5, 0.6) is 11.5 Å². The van der Waals surface area contributed by atoms with Crippen LogP contribution in [-0.2, 0) is 14.9 Å². The number of nitrogens with one attached hydrogen (secondary N) is 1. The summed E-state index contributed by atoms with van der Waals surface area (Å²) >= 11 is 3.40. The standard InChI is InChI=1S/C30H29BrN2O4/c1-30(2,3)22-8-13-24(14-9-22)37-25-12-7-20-16-27(32-18-21(20)15-25)29(35)33-26(17-28(34)36-4)19-5-10-23(31)11-6-19/h5-16,18,26H,17H2,1-4H3,(H,33,35). The molecule has 1 unspecified atom stereocenters. The first kappa shape index (κ1) is 26.4. The van der Waals surface area contributed by atoms with E-state index >= 15 is 0 Å². The molecular weight excluding hydrogens is 532 g/mol. The second kappa shape index (κ2) is 11.1. The molecule has 3 aromatic carbocycles. The fraction of sp³-hybridized carbons (Fsp3) is 0.233. The van der Waals surface area contributed by atoms with E-state index in [4.69, 9.17) is 9.47 Å². The number of hydrogen-bond acceptors (Lipinski definition) is 5. The van der Waals surface area contributed by atoms with Gasteiger partial charge in [-0.25, -0.2) is 0 Å². The van der Waals surface area contributed by atoms with Crippen molar-refractivity contribution in [1.82, 2.24) is 10.3 Å². The number of methoxy groups -OCH3 is 1. The minimum atomic E-state index is -0.550. The monoisotopic (exact) mass is 560 g/mol. The number of aromatic nitrogens is 1. The van der Waals surface area contributed by atoms with Gasteiger partial charge in [0.15, 0.2) is 0 Å². The average molecular weight is 561 g/mol. The Morgan fingerprint density at radius 3 is 2.24 bits per heavy atom. The molecule has 0 saturated carbocycles. The Labute approximate surface area is 225 Å². The van der Waals surface area contributed by atoms with Crippen LogP contribution in [0.15, 0.2) is 83.5 Å². The highest BCUT2D eigenvalue weighted by atomic mass is 79.9. The van der Waals surface area contributed by atoms with Crippen LogP contribution in [0.3, 0.4) is 0 Å². The molecule has 7 heteroatoms. The number of fused-ring (bicyclic) bond motifs is 1. The first-order valence-corrected chi connectivity index (χ1v) is 12.7. The minimum absolute atomic E-state index is 0.00881. The molecule has 0 aliphatic rings. The van der Waals surface area contributed by atoms with Crippen LogP contribution in [0.4, 0.5) is 0 Å². The van der Waals surface area contributed by atoms with E-state index in [-0.39, 0.29) is 23.4 Å². The van der Waals surface area contributed by atoms with E-state index < -0.39 is 12.0 Å². The summed E-state index contributed by atoms with van der Waals surface area (Å²) in [4.78, 5) is 29.4. The summed E-state index contributed by atoms with van der Waals surface area (Å²) in [5, 5.41) is 4.61. The SMILES string of the molecule is COC(=O)CC(NC(=O)c1cc2ccc(Oc3ccc(C(C)(C)C)cc3)cc2cn1)c1ccc(Br)cc1. The highest BCUT2D eigenvalue weighted by Crippen LogP contribution is 2.29. The van der Waals surface area contributed by atoms with Gasteiger partial charge in [0.25, 0.3) is 5.91 Å². The molecule has 0 aliphatic heterocycles. The first-order valence-electron chi connectivity index (χ1n) is 11.9. The maximum Gasteiger partial charge on any atom is 0.307 e. The third kappa shape index (κ3) is 6.74. The van der Waals surface area contributed by atoms with E-state index in [0.717, 1.165) is 26.6 Å². The lowest BCUT2D eigenvalue weighted by Gasteiger charge is -2.19. The number of carbonyl (C=O) groups is 2. The largest absolute Gasteiger partial charge is 0.469 e. The molecule has 0 radical (unpaired) electrons. The smallest absolute Gasteiger partial charge is 0.307 e. The van der Waals surface area contributed by atoms with Crippen molar-refractivity contribution in [2.45, 2.75) is 38.6 Å². The van der Waals surface area contributed by atoms with Crippen molar-refractivity contribution in [3.63, 3.8) is 0 Å². The highest BCUT2D eigenvalue weighted by Gasteiger charge is 2.21. The molecular formula is C30H29BrN2O4. The topological polar surface area (TPSA) is 77.5 Å². The number of pyridine rings is 1. The molecule has 4 aromatic rings. The van der Waals surface area contributed by atoms with Gasteiger partial charge in [-0.1, -0.05) is 67.0 Å². The summed E-state index contributed by atoms with van der Waals surface area (Å²) < 4.78 is 11.8. The summed E-state index contributed by atoms with van der Waals surface area (Å²) in [6.45, 7) is 6.52. The zero-order valence-electron chi connectivity index (χ0n) is 21.2. The van der Waals surface area contributed by atoms with Crippen molar-refractivity contribution in [2.24, 2.45) is 0 Å². The van der Waals surface area contributed by atoms with E-state index in [2.05, 4.69) is 59.1 Å². The van der Waals surface area contributed by atoms with E-state index in [9.17, 15) is 9.59 Å². The van der Waals surface area contributed by atoms with Crippen LogP contribution in [-0.4, -0.2) is 24.0 Å². The Bertz CT molecular complexity index is 1410. The Hall–Kier alpha value is -3.71. The van der Waals surface area contributed by atoms with Crippen molar-refractivity contribution >= 4 is 38.6 Å². The molecule has 4 rings (SSSR count). The Balaban J connectivity index is 1.50.